The highest BCUT2D eigenvalue weighted by Crippen LogP contribution is 2.36. The van der Waals surface area contributed by atoms with Gasteiger partial charge in [0.2, 0.25) is 5.91 Å². The van der Waals surface area contributed by atoms with Crippen LogP contribution in [0.3, 0.4) is 0 Å². The summed E-state index contributed by atoms with van der Waals surface area (Å²) in [6.07, 6.45) is 1.55. The van der Waals surface area contributed by atoms with Crippen molar-refractivity contribution in [3.05, 3.63) is 87.2 Å². The van der Waals surface area contributed by atoms with E-state index in [1.165, 1.54) is 48.2 Å². The second-order valence-corrected chi connectivity index (χ2v) is 11.7. The van der Waals surface area contributed by atoms with Gasteiger partial charge in [0.1, 0.15) is 4.90 Å². The summed E-state index contributed by atoms with van der Waals surface area (Å²) < 4.78 is 37.6. The molecule has 0 spiro atoms. The molecule has 0 bridgehead atoms. The van der Waals surface area contributed by atoms with Crippen LogP contribution in [0.4, 0.5) is 10.5 Å². The largest absolute Gasteiger partial charge is 0.490 e. The Bertz CT molecular complexity index is 1550. The molecule has 0 aliphatic carbocycles. The first-order chi connectivity index (χ1) is 18.6. The van der Waals surface area contributed by atoms with Gasteiger partial charge in [0, 0.05) is 17.1 Å². The molecular weight excluding hydrogens is 608 g/mol. The van der Waals surface area contributed by atoms with Crippen LogP contribution in [-0.2, 0) is 26.3 Å². The van der Waals surface area contributed by atoms with E-state index in [1.54, 1.807) is 19.1 Å². The summed E-state index contributed by atoms with van der Waals surface area (Å²) in [5, 5.41) is 2.19. The number of halogens is 1. The van der Waals surface area contributed by atoms with Crippen LogP contribution in [0.1, 0.15) is 25.0 Å². The number of carbonyl (C=O) groups excluding carboxylic acids is 3. The molecule has 3 aromatic carbocycles. The molecular formula is C27H23BrN2O7S2. The summed E-state index contributed by atoms with van der Waals surface area (Å²) in [5.41, 5.74) is 1.78. The Labute approximate surface area is 238 Å². The van der Waals surface area contributed by atoms with Gasteiger partial charge in [0.05, 0.1) is 18.1 Å². The summed E-state index contributed by atoms with van der Waals surface area (Å²) in [7, 11) is -4.21. The number of imide groups is 1. The summed E-state index contributed by atoms with van der Waals surface area (Å²) in [6, 6.07) is 17.4. The molecule has 9 nitrogen and oxygen atoms in total. The molecule has 1 aliphatic rings. The number of anilines is 1. The third kappa shape index (κ3) is 7.08. The van der Waals surface area contributed by atoms with Gasteiger partial charge in [0.15, 0.2) is 11.5 Å². The van der Waals surface area contributed by atoms with Crippen LogP contribution in [0.25, 0.3) is 6.08 Å². The molecule has 1 saturated heterocycles. The summed E-state index contributed by atoms with van der Waals surface area (Å²) in [4.78, 5) is 38.0. The monoisotopic (exact) mass is 630 g/mol. The molecule has 1 aliphatic heterocycles. The van der Waals surface area contributed by atoms with E-state index in [0.29, 0.717) is 11.3 Å². The van der Waals surface area contributed by atoms with Crippen molar-refractivity contribution in [3.8, 4) is 11.5 Å². The summed E-state index contributed by atoms with van der Waals surface area (Å²) in [5.74, 6) is -0.587. The Balaban J connectivity index is 1.54. The van der Waals surface area contributed by atoms with Gasteiger partial charge in [-0.15, -0.1) is 0 Å². The van der Waals surface area contributed by atoms with E-state index in [0.717, 1.165) is 21.8 Å². The third-order valence-electron chi connectivity index (χ3n) is 5.36. The Morgan fingerprint density at radius 1 is 1.03 bits per heavy atom. The van der Waals surface area contributed by atoms with Crippen LogP contribution < -0.4 is 14.2 Å². The maximum Gasteiger partial charge on any atom is 0.339 e. The minimum Gasteiger partial charge on any atom is -0.490 e. The molecule has 0 atom stereocenters. The fourth-order valence-electron chi connectivity index (χ4n) is 3.59. The van der Waals surface area contributed by atoms with Crippen LogP contribution in [0.15, 0.2) is 81.0 Å². The Kier molecular flexibility index (Phi) is 8.78. The zero-order valence-electron chi connectivity index (χ0n) is 20.8. The number of ether oxygens (including phenoxy) is 1. The molecule has 202 valence electrons. The van der Waals surface area contributed by atoms with Crippen molar-refractivity contribution in [2.75, 3.05) is 11.9 Å². The van der Waals surface area contributed by atoms with E-state index in [2.05, 4.69) is 21.2 Å². The van der Waals surface area contributed by atoms with Crippen molar-refractivity contribution < 1.29 is 31.7 Å². The lowest BCUT2D eigenvalue weighted by molar-refractivity contribution is -0.123. The lowest BCUT2D eigenvalue weighted by Gasteiger charge is -2.13. The van der Waals surface area contributed by atoms with E-state index < -0.39 is 16.0 Å². The lowest BCUT2D eigenvalue weighted by Crippen LogP contribution is -2.27. The zero-order valence-corrected chi connectivity index (χ0v) is 24.1. The van der Waals surface area contributed by atoms with Crippen molar-refractivity contribution in [1.82, 2.24) is 4.90 Å². The van der Waals surface area contributed by atoms with Crippen LogP contribution in [0, 0.1) is 0 Å². The van der Waals surface area contributed by atoms with Gasteiger partial charge in [0.25, 0.3) is 11.1 Å². The van der Waals surface area contributed by atoms with Crippen molar-refractivity contribution in [1.29, 1.82) is 0 Å². The molecule has 0 aromatic heterocycles. The highest BCUT2D eigenvalue weighted by atomic mass is 79.9. The second-order valence-electron chi connectivity index (χ2n) is 8.28. The molecule has 1 heterocycles. The van der Waals surface area contributed by atoms with Gasteiger partial charge in [-0.3, -0.25) is 19.3 Å². The van der Waals surface area contributed by atoms with Gasteiger partial charge < -0.3 is 14.2 Å². The number of nitrogens with zero attached hydrogens (tertiary/aromatic N) is 1. The van der Waals surface area contributed by atoms with Gasteiger partial charge in [-0.25, -0.2) is 0 Å². The minimum absolute atomic E-state index is 0.0386. The second kappa shape index (κ2) is 12.1. The quantitative estimate of drug-likeness (QED) is 0.232. The van der Waals surface area contributed by atoms with Crippen LogP contribution in [0.5, 0.6) is 11.5 Å². The molecule has 1 N–H and O–H groups in total. The minimum atomic E-state index is -4.21. The first-order valence-corrected chi connectivity index (χ1v) is 14.7. The van der Waals surface area contributed by atoms with Crippen molar-refractivity contribution in [2.24, 2.45) is 0 Å². The molecule has 3 amide bonds. The number of rotatable bonds is 9. The molecule has 12 heteroatoms. The van der Waals surface area contributed by atoms with Crippen LogP contribution in [0.2, 0.25) is 0 Å². The third-order valence-corrected chi connectivity index (χ3v) is 8.04. The van der Waals surface area contributed by atoms with E-state index in [-0.39, 0.29) is 45.6 Å². The Morgan fingerprint density at radius 2 is 1.72 bits per heavy atom. The molecule has 0 unspecified atom stereocenters. The number of thioether (sulfide) groups is 1. The molecule has 0 saturated carbocycles. The molecule has 4 rings (SSSR count). The topological polar surface area (TPSA) is 119 Å². The maximum atomic E-state index is 12.9. The summed E-state index contributed by atoms with van der Waals surface area (Å²) >= 11 is 4.19. The average Bonchev–Trinajstić information content (AvgIpc) is 3.14. The highest BCUT2D eigenvalue weighted by molar-refractivity contribution is 9.10. The summed E-state index contributed by atoms with van der Waals surface area (Å²) in [6.45, 7) is 3.46. The predicted molar refractivity (Wildman–Crippen MR) is 152 cm³/mol. The van der Waals surface area contributed by atoms with E-state index >= 15 is 0 Å². The average molecular weight is 632 g/mol. The fourth-order valence-corrected chi connectivity index (χ4v) is 5.63. The number of hydrogen-bond acceptors (Lipinski definition) is 8. The SMILES string of the molecule is CCOc1cc(/C=C2\SC(=O)N(Cc3ccc(Br)cc3)C2=O)ccc1OS(=O)(=O)c1ccc(NC(C)=O)cc1. The highest BCUT2D eigenvalue weighted by Gasteiger charge is 2.35. The normalized spacial score (nSPS) is 14.5. The molecule has 3 aromatic rings. The first kappa shape index (κ1) is 28.4. The van der Waals surface area contributed by atoms with Crippen LogP contribution in [-0.4, -0.2) is 37.0 Å². The van der Waals surface area contributed by atoms with Gasteiger partial charge in [-0.2, -0.15) is 8.42 Å². The number of carbonyl (C=O) groups is 3. The maximum absolute atomic E-state index is 12.9. The number of amides is 3. The van der Waals surface area contributed by atoms with Gasteiger partial charge in [-0.05, 0) is 84.4 Å². The fraction of sp³-hybridized carbons (Fsp3) is 0.148. The predicted octanol–water partition coefficient (Wildman–Crippen LogP) is 5.81. The van der Waals surface area contributed by atoms with Gasteiger partial charge in [-0.1, -0.05) is 34.1 Å². The molecule has 39 heavy (non-hydrogen) atoms. The van der Waals surface area contributed by atoms with Crippen molar-refractivity contribution in [3.63, 3.8) is 0 Å². The van der Waals surface area contributed by atoms with E-state index in [1.807, 2.05) is 24.3 Å². The lowest BCUT2D eigenvalue weighted by atomic mass is 10.1. The standard InChI is InChI=1S/C27H23BrN2O7S2/c1-3-36-24-14-19(15-25-26(32)30(27(33)38-25)16-18-4-7-20(28)8-5-18)6-13-23(24)37-39(34,35)22-11-9-21(10-12-22)29-17(2)31/h4-15H,3,16H2,1-2H3,(H,29,31)/b25-15-. The number of benzene rings is 3. The van der Waals surface area contributed by atoms with Gasteiger partial charge >= 0.3 is 10.1 Å². The van der Waals surface area contributed by atoms with Crippen LogP contribution >= 0.6 is 27.7 Å². The van der Waals surface area contributed by atoms with Crippen molar-refractivity contribution >= 4 is 66.6 Å². The zero-order chi connectivity index (χ0) is 28.2. The van der Waals surface area contributed by atoms with E-state index in [4.69, 9.17) is 8.92 Å². The first-order valence-electron chi connectivity index (χ1n) is 11.6. The van der Waals surface area contributed by atoms with Crippen molar-refractivity contribution in [2.45, 2.75) is 25.3 Å². The Morgan fingerprint density at radius 3 is 2.36 bits per heavy atom. The molecule has 0 radical (unpaired) electrons. The number of hydrogen-bond donors (Lipinski definition) is 1. The Hall–Kier alpha value is -3.61. The molecule has 1 fully saturated rings. The number of nitrogens with one attached hydrogen (secondary N) is 1. The smallest absolute Gasteiger partial charge is 0.339 e. The van der Waals surface area contributed by atoms with E-state index in [9.17, 15) is 22.8 Å².